The van der Waals surface area contributed by atoms with Gasteiger partial charge in [0.15, 0.2) is 0 Å². The number of carbonyl (C=O) groups is 2. The summed E-state index contributed by atoms with van der Waals surface area (Å²) < 4.78 is 0. The van der Waals surface area contributed by atoms with Gasteiger partial charge in [-0.2, -0.15) is 0 Å². The quantitative estimate of drug-likeness (QED) is 0.842. The first kappa shape index (κ1) is 16.5. The highest BCUT2D eigenvalue weighted by Crippen LogP contribution is 2.22. The van der Waals surface area contributed by atoms with E-state index in [1.165, 1.54) is 5.56 Å². The van der Waals surface area contributed by atoms with Crippen LogP contribution in [0.25, 0.3) is 0 Å². The lowest BCUT2D eigenvalue weighted by atomic mass is 9.93. The SMILES string of the molecule is O=C(O)CCC1CCCN(C(=O)CCCc2ccccc2)C1. The van der Waals surface area contributed by atoms with Crippen LogP contribution < -0.4 is 0 Å². The van der Waals surface area contributed by atoms with E-state index in [1.54, 1.807) is 0 Å². The maximum Gasteiger partial charge on any atom is 0.303 e. The second kappa shape index (κ2) is 8.57. The van der Waals surface area contributed by atoms with Gasteiger partial charge in [-0.3, -0.25) is 9.59 Å². The van der Waals surface area contributed by atoms with Crippen molar-refractivity contribution in [3.05, 3.63) is 35.9 Å². The fourth-order valence-corrected chi connectivity index (χ4v) is 3.10. The Balaban J connectivity index is 1.71. The van der Waals surface area contributed by atoms with Crippen molar-refractivity contribution >= 4 is 11.9 Å². The van der Waals surface area contributed by atoms with Crippen LogP contribution >= 0.6 is 0 Å². The number of carboxylic acid groups (broad SMARTS) is 1. The molecule has 2 rings (SSSR count). The van der Waals surface area contributed by atoms with Crippen molar-refractivity contribution in [2.75, 3.05) is 13.1 Å². The Morgan fingerprint density at radius 3 is 2.68 bits per heavy atom. The Morgan fingerprint density at radius 1 is 1.18 bits per heavy atom. The van der Waals surface area contributed by atoms with Crippen LogP contribution in [0, 0.1) is 5.92 Å². The fraction of sp³-hybridized carbons (Fsp3) is 0.556. The zero-order valence-corrected chi connectivity index (χ0v) is 13.0. The van der Waals surface area contributed by atoms with Crippen LogP contribution in [0.3, 0.4) is 0 Å². The topological polar surface area (TPSA) is 57.6 Å². The van der Waals surface area contributed by atoms with Gasteiger partial charge in [0.25, 0.3) is 0 Å². The highest BCUT2D eigenvalue weighted by molar-refractivity contribution is 5.76. The summed E-state index contributed by atoms with van der Waals surface area (Å²) in [4.78, 5) is 24.9. The van der Waals surface area contributed by atoms with Crippen LogP contribution in [0.2, 0.25) is 0 Å². The summed E-state index contributed by atoms with van der Waals surface area (Å²) in [6.45, 7) is 1.56. The van der Waals surface area contributed by atoms with Crippen molar-refractivity contribution < 1.29 is 14.7 Å². The van der Waals surface area contributed by atoms with Crippen molar-refractivity contribution in [2.24, 2.45) is 5.92 Å². The zero-order valence-electron chi connectivity index (χ0n) is 13.0. The number of hydrogen-bond donors (Lipinski definition) is 1. The van der Waals surface area contributed by atoms with E-state index in [1.807, 2.05) is 23.1 Å². The molecule has 0 bridgehead atoms. The molecule has 4 heteroatoms. The molecular formula is C18H25NO3. The minimum absolute atomic E-state index is 0.209. The highest BCUT2D eigenvalue weighted by atomic mass is 16.4. The first-order valence-electron chi connectivity index (χ1n) is 8.18. The van der Waals surface area contributed by atoms with E-state index in [2.05, 4.69) is 12.1 Å². The van der Waals surface area contributed by atoms with E-state index in [0.717, 1.165) is 38.8 Å². The maximum atomic E-state index is 12.3. The largest absolute Gasteiger partial charge is 0.481 e. The van der Waals surface area contributed by atoms with Crippen molar-refractivity contribution in [2.45, 2.75) is 44.9 Å². The van der Waals surface area contributed by atoms with E-state index >= 15 is 0 Å². The van der Waals surface area contributed by atoms with Crippen LogP contribution in [0.1, 0.15) is 44.1 Å². The minimum Gasteiger partial charge on any atom is -0.481 e. The van der Waals surface area contributed by atoms with Gasteiger partial charge < -0.3 is 10.0 Å². The van der Waals surface area contributed by atoms with Crippen molar-refractivity contribution in [3.8, 4) is 0 Å². The standard InChI is InChI=1S/C18H25NO3/c20-17(10-4-8-15-6-2-1-3-7-15)19-13-5-9-16(14-19)11-12-18(21)22/h1-3,6-7,16H,4-5,8-14H2,(H,21,22). The molecule has 1 aliphatic heterocycles. The summed E-state index contributed by atoms with van der Waals surface area (Å²) >= 11 is 0. The molecule has 1 fully saturated rings. The van der Waals surface area contributed by atoms with Gasteiger partial charge in [0.1, 0.15) is 0 Å². The van der Waals surface area contributed by atoms with E-state index in [-0.39, 0.29) is 12.3 Å². The van der Waals surface area contributed by atoms with Crippen LogP contribution in [0.4, 0.5) is 0 Å². The van der Waals surface area contributed by atoms with Gasteiger partial charge in [-0.15, -0.1) is 0 Å². The van der Waals surface area contributed by atoms with Gasteiger partial charge >= 0.3 is 5.97 Å². The predicted molar refractivity (Wildman–Crippen MR) is 85.6 cm³/mol. The van der Waals surface area contributed by atoms with Crippen LogP contribution in [0.5, 0.6) is 0 Å². The lowest BCUT2D eigenvalue weighted by Gasteiger charge is -2.32. The van der Waals surface area contributed by atoms with Gasteiger partial charge in [-0.25, -0.2) is 0 Å². The number of aliphatic carboxylic acids is 1. The van der Waals surface area contributed by atoms with Crippen molar-refractivity contribution in [1.82, 2.24) is 4.90 Å². The molecule has 1 N–H and O–H groups in total. The molecule has 1 heterocycles. The molecule has 1 aromatic carbocycles. The van der Waals surface area contributed by atoms with E-state index < -0.39 is 5.97 Å². The van der Waals surface area contributed by atoms with E-state index in [0.29, 0.717) is 18.8 Å². The first-order chi connectivity index (χ1) is 10.6. The number of nitrogens with zero attached hydrogens (tertiary/aromatic N) is 1. The molecule has 0 aliphatic carbocycles. The summed E-state index contributed by atoms with van der Waals surface area (Å²) in [6.07, 6.45) is 5.32. The molecule has 1 aliphatic rings. The number of hydrogen-bond acceptors (Lipinski definition) is 2. The second-order valence-corrected chi connectivity index (χ2v) is 6.12. The number of rotatable bonds is 7. The van der Waals surface area contributed by atoms with E-state index in [4.69, 9.17) is 5.11 Å². The monoisotopic (exact) mass is 303 g/mol. The lowest BCUT2D eigenvalue weighted by molar-refractivity contribution is -0.137. The number of likely N-dealkylation sites (tertiary alicyclic amines) is 1. The number of aryl methyl sites for hydroxylation is 1. The Bertz CT molecular complexity index is 486. The van der Waals surface area contributed by atoms with E-state index in [9.17, 15) is 9.59 Å². The predicted octanol–water partition coefficient (Wildman–Crippen LogP) is 3.11. The van der Waals surface area contributed by atoms with Crippen molar-refractivity contribution in [1.29, 1.82) is 0 Å². The first-order valence-corrected chi connectivity index (χ1v) is 8.18. The average Bonchev–Trinajstić information content (AvgIpc) is 2.54. The van der Waals surface area contributed by atoms with Crippen LogP contribution in [-0.4, -0.2) is 35.0 Å². The van der Waals surface area contributed by atoms with Crippen molar-refractivity contribution in [3.63, 3.8) is 0 Å². The van der Waals surface area contributed by atoms with Crippen LogP contribution in [-0.2, 0) is 16.0 Å². The number of amides is 1. The number of carbonyl (C=O) groups excluding carboxylic acids is 1. The molecule has 0 spiro atoms. The fourth-order valence-electron chi connectivity index (χ4n) is 3.10. The lowest BCUT2D eigenvalue weighted by Crippen LogP contribution is -2.40. The Hall–Kier alpha value is -1.84. The van der Waals surface area contributed by atoms with Gasteiger partial charge in [0, 0.05) is 25.9 Å². The second-order valence-electron chi connectivity index (χ2n) is 6.12. The van der Waals surface area contributed by atoms with Gasteiger partial charge in [0.05, 0.1) is 0 Å². The average molecular weight is 303 g/mol. The molecule has 22 heavy (non-hydrogen) atoms. The summed E-state index contributed by atoms with van der Waals surface area (Å²) in [7, 11) is 0. The number of benzene rings is 1. The minimum atomic E-state index is -0.744. The molecule has 1 aromatic rings. The zero-order chi connectivity index (χ0) is 15.8. The molecule has 1 unspecified atom stereocenters. The summed E-state index contributed by atoms with van der Waals surface area (Å²) in [5.41, 5.74) is 1.27. The van der Waals surface area contributed by atoms with Gasteiger partial charge in [-0.1, -0.05) is 30.3 Å². The Morgan fingerprint density at radius 2 is 1.95 bits per heavy atom. The smallest absolute Gasteiger partial charge is 0.303 e. The Labute approximate surface area is 132 Å². The molecule has 0 aromatic heterocycles. The molecular weight excluding hydrogens is 278 g/mol. The highest BCUT2D eigenvalue weighted by Gasteiger charge is 2.23. The normalized spacial score (nSPS) is 18.2. The maximum absolute atomic E-state index is 12.3. The third-order valence-electron chi connectivity index (χ3n) is 4.34. The molecule has 0 saturated carbocycles. The Kier molecular flexibility index (Phi) is 6.44. The third-order valence-corrected chi connectivity index (χ3v) is 4.34. The summed E-state index contributed by atoms with van der Waals surface area (Å²) in [5.74, 6) is -0.176. The van der Waals surface area contributed by atoms with Gasteiger partial charge in [-0.05, 0) is 43.6 Å². The summed E-state index contributed by atoms with van der Waals surface area (Å²) in [6, 6.07) is 10.2. The molecule has 4 nitrogen and oxygen atoms in total. The van der Waals surface area contributed by atoms with Crippen LogP contribution in [0.15, 0.2) is 30.3 Å². The molecule has 0 radical (unpaired) electrons. The van der Waals surface area contributed by atoms with Gasteiger partial charge in [0.2, 0.25) is 5.91 Å². The number of carboxylic acids is 1. The molecule has 1 amide bonds. The third kappa shape index (κ3) is 5.51. The molecule has 1 atom stereocenters. The summed E-state index contributed by atoms with van der Waals surface area (Å²) in [5, 5.41) is 8.76. The number of piperidine rings is 1. The molecule has 120 valence electrons. The molecule has 1 saturated heterocycles.